The number of likely N-dealkylation sites (N-methyl/N-ethyl adjacent to an activating group) is 1. The zero-order chi connectivity index (χ0) is 8.20. The van der Waals surface area contributed by atoms with Crippen LogP contribution in [-0.4, -0.2) is 44.9 Å². The summed E-state index contributed by atoms with van der Waals surface area (Å²) < 4.78 is 6.21. The van der Waals surface area contributed by atoms with Gasteiger partial charge in [-0.15, -0.1) is 0 Å². The zero-order valence-corrected chi connectivity index (χ0v) is 7.85. The Labute approximate surface area is 64.4 Å². The van der Waals surface area contributed by atoms with E-state index in [0.717, 1.165) is 17.6 Å². The van der Waals surface area contributed by atoms with Crippen molar-refractivity contribution in [2.24, 2.45) is 0 Å². The van der Waals surface area contributed by atoms with E-state index in [1.54, 1.807) is 7.11 Å². The fraction of sp³-hybridized carbons (Fsp3) is 1.00. The molecule has 0 saturated carbocycles. The number of ether oxygens (including phenoxy) is 1. The fourth-order valence-corrected chi connectivity index (χ4v) is 0.900. The normalized spacial score (nSPS) is 15.3. The average Bonchev–Trinajstić information content (AvgIpc) is 1.87. The Morgan fingerprint density at radius 2 is 1.90 bits per heavy atom. The monoisotopic (exact) mass is 146 g/mol. The van der Waals surface area contributed by atoms with Crippen LogP contribution in [0.5, 0.6) is 0 Å². The summed E-state index contributed by atoms with van der Waals surface area (Å²) in [4.78, 5) is 0. The van der Waals surface area contributed by atoms with Gasteiger partial charge < -0.3 is 9.22 Å². The van der Waals surface area contributed by atoms with Gasteiger partial charge in [-0.05, 0) is 13.8 Å². The van der Waals surface area contributed by atoms with Crippen molar-refractivity contribution in [3.8, 4) is 0 Å². The Morgan fingerprint density at radius 1 is 1.40 bits per heavy atom. The van der Waals surface area contributed by atoms with Crippen LogP contribution in [-0.2, 0) is 4.74 Å². The highest BCUT2D eigenvalue weighted by Crippen LogP contribution is 2.00. The molecule has 0 heterocycles. The van der Waals surface area contributed by atoms with Crippen LogP contribution in [0.1, 0.15) is 13.8 Å². The van der Waals surface area contributed by atoms with Crippen molar-refractivity contribution >= 4 is 0 Å². The molecule has 0 aliphatic carbocycles. The number of methoxy groups -OCH3 is 1. The molecule has 0 rings (SSSR count). The zero-order valence-electron chi connectivity index (χ0n) is 7.85. The molecular weight excluding hydrogens is 126 g/mol. The summed E-state index contributed by atoms with van der Waals surface area (Å²) in [6.45, 7) is 6.55. The lowest BCUT2D eigenvalue weighted by Crippen LogP contribution is -2.44. The van der Waals surface area contributed by atoms with E-state index in [1.807, 2.05) is 0 Å². The number of rotatable bonds is 4. The van der Waals surface area contributed by atoms with Crippen molar-refractivity contribution in [2.75, 3.05) is 34.3 Å². The molecule has 0 N–H and O–H groups in total. The number of hydrogen-bond acceptors (Lipinski definition) is 1. The molecule has 0 spiro atoms. The molecule has 1 unspecified atom stereocenters. The van der Waals surface area contributed by atoms with Crippen molar-refractivity contribution in [2.45, 2.75) is 20.0 Å². The van der Waals surface area contributed by atoms with Crippen LogP contribution in [0.2, 0.25) is 0 Å². The van der Waals surface area contributed by atoms with Crippen molar-refractivity contribution in [3.63, 3.8) is 0 Å². The van der Waals surface area contributed by atoms with E-state index in [2.05, 4.69) is 27.9 Å². The lowest BCUT2D eigenvalue weighted by molar-refractivity contribution is -0.891. The summed E-state index contributed by atoms with van der Waals surface area (Å²) in [5.41, 5.74) is 0. The first-order chi connectivity index (χ1) is 4.52. The smallest absolute Gasteiger partial charge is 0.105 e. The number of hydrogen-bond donors (Lipinski definition) is 0. The third-order valence-electron chi connectivity index (χ3n) is 2.01. The summed E-state index contributed by atoms with van der Waals surface area (Å²) in [6.07, 6.45) is 0.370. The SMILES string of the molecule is CC[N+](C)(C)CC(C)OC. The molecule has 62 valence electrons. The highest BCUT2D eigenvalue weighted by Gasteiger charge is 2.15. The van der Waals surface area contributed by atoms with Crippen LogP contribution in [0.25, 0.3) is 0 Å². The highest BCUT2D eigenvalue weighted by atomic mass is 16.5. The van der Waals surface area contributed by atoms with Gasteiger partial charge in [0.2, 0.25) is 0 Å². The largest absolute Gasteiger partial charge is 0.376 e. The second-order valence-corrected chi connectivity index (χ2v) is 3.48. The molecular formula is C8H20NO+. The second kappa shape index (κ2) is 3.94. The van der Waals surface area contributed by atoms with Gasteiger partial charge in [0.1, 0.15) is 12.6 Å². The molecule has 0 saturated heterocycles. The molecule has 0 amide bonds. The molecule has 2 nitrogen and oxygen atoms in total. The maximum absolute atomic E-state index is 5.17. The summed E-state index contributed by atoms with van der Waals surface area (Å²) >= 11 is 0. The standard InChI is InChI=1S/C8H20NO/c1-6-9(3,4)7-8(2)10-5/h8H,6-7H2,1-5H3/q+1. The Morgan fingerprint density at radius 3 is 2.20 bits per heavy atom. The quantitative estimate of drug-likeness (QED) is 0.540. The number of nitrogens with zero attached hydrogens (tertiary/aromatic N) is 1. The minimum absolute atomic E-state index is 0.370. The van der Waals surface area contributed by atoms with Gasteiger partial charge in [0.05, 0.1) is 20.6 Å². The number of quaternary nitrogens is 1. The van der Waals surface area contributed by atoms with E-state index in [4.69, 9.17) is 4.74 Å². The van der Waals surface area contributed by atoms with Gasteiger partial charge in [-0.25, -0.2) is 0 Å². The van der Waals surface area contributed by atoms with Crippen LogP contribution in [0.4, 0.5) is 0 Å². The van der Waals surface area contributed by atoms with Crippen LogP contribution in [0.15, 0.2) is 0 Å². The lowest BCUT2D eigenvalue weighted by Gasteiger charge is -2.30. The first-order valence-electron chi connectivity index (χ1n) is 3.86. The molecule has 10 heavy (non-hydrogen) atoms. The summed E-state index contributed by atoms with van der Waals surface area (Å²) in [6, 6.07) is 0. The van der Waals surface area contributed by atoms with Gasteiger partial charge in [-0.1, -0.05) is 0 Å². The minimum atomic E-state index is 0.370. The van der Waals surface area contributed by atoms with Gasteiger partial charge in [0.25, 0.3) is 0 Å². The molecule has 0 aliphatic heterocycles. The predicted molar refractivity (Wildman–Crippen MR) is 44.0 cm³/mol. The van der Waals surface area contributed by atoms with E-state index in [-0.39, 0.29) is 0 Å². The Balaban J connectivity index is 3.64. The van der Waals surface area contributed by atoms with Gasteiger partial charge in [0, 0.05) is 7.11 Å². The third kappa shape index (κ3) is 3.85. The van der Waals surface area contributed by atoms with Gasteiger partial charge in [0.15, 0.2) is 0 Å². The Hall–Kier alpha value is -0.0800. The first kappa shape index (κ1) is 9.92. The summed E-state index contributed by atoms with van der Waals surface area (Å²) in [7, 11) is 6.20. The van der Waals surface area contributed by atoms with E-state index < -0.39 is 0 Å². The van der Waals surface area contributed by atoms with Gasteiger partial charge >= 0.3 is 0 Å². The summed E-state index contributed by atoms with van der Waals surface area (Å²) in [5.74, 6) is 0. The molecule has 0 aliphatic rings. The highest BCUT2D eigenvalue weighted by molar-refractivity contribution is 4.44. The van der Waals surface area contributed by atoms with Crippen LogP contribution < -0.4 is 0 Å². The molecule has 0 aromatic heterocycles. The van der Waals surface area contributed by atoms with E-state index >= 15 is 0 Å². The molecule has 0 aromatic rings. The third-order valence-corrected chi connectivity index (χ3v) is 2.01. The van der Waals surface area contributed by atoms with Crippen molar-refractivity contribution in [1.82, 2.24) is 0 Å². The maximum Gasteiger partial charge on any atom is 0.105 e. The topological polar surface area (TPSA) is 9.23 Å². The average molecular weight is 146 g/mol. The van der Waals surface area contributed by atoms with Gasteiger partial charge in [-0.3, -0.25) is 0 Å². The van der Waals surface area contributed by atoms with Crippen molar-refractivity contribution in [3.05, 3.63) is 0 Å². The predicted octanol–water partition coefficient (Wildman–Crippen LogP) is 1.12. The van der Waals surface area contributed by atoms with E-state index in [0.29, 0.717) is 6.10 Å². The fourth-order valence-electron chi connectivity index (χ4n) is 0.900. The van der Waals surface area contributed by atoms with Crippen LogP contribution >= 0.6 is 0 Å². The van der Waals surface area contributed by atoms with E-state index in [1.165, 1.54) is 0 Å². The van der Waals surface area contributed by atoms with Crippen molar-refractivity contribution < 1.29 is 9.22 Å². The Bertz CT molecular complexity index is 91.3. The minimum Gasteiger partial charge on any atom is -0.376 e. The Kier molecular flexibility index (Phi) is 3.91. The maximum atomic E-state index is 5.17. The molecule has 1 atom stereocenters. The molecule has 0 radical (unpaired) electrons. The molecule has 2 heteroatoms. The summed E-state index contributed by atoms with van der Waals surface area (Å²) in [5, 5.41) is 0. The van der Waals surface area contributed by atoms with Crippen molar-refractivity contribution in [1.29, 1.82) is 0 Å². The second-order valence-electron chi connectivity index (χ2n) is 3.48. The van der Waals surface area contributed by atoms with Crippen LogP contribution in [0, 0.1) is 0 Å². The molecule has 0 fully saturated rings. The lowest BCUT2D eigenvalue weighted by atomic mass is 10.3. The van der Waals surface area contributed by atoms with Crippen LogP contribution in [0.3, 0.4) is 0 Å². The molecule has 0 aromatic carbocycles. The van der Waals surface area contributed by atoms with Gasteiger partial charge in [-0.2, -0.15) is 0 Å². The first-order valence-corrected chi connectivity index (χ1v) is 3.86. The molecule has 0 bridgehead atoms. The van der Waals surface area contributed by atoms with E-state index in [9.17, 15) is 0 Å².